The number of benzene rings is 2. The van der Waals surface area contributed by atoms with Crippen LogP contribution in [0, 0.1) is 0 Å². The summed E-state index contributed by atoms with van der Waals surface area (Å²) in [4.78, 5) is 11.9. The second-order valence-corrected chi connectivity index (χ2v) is 5.14. The number of carbonyl (C=O) groups excluding carboxylic acids is 1. The molecule has 1 N–H and O–H groups in total. The standard InChI is InChI=1S/C16H14Cl2N2O2/c1-2-22-13-6-3-11(4-7-13)10-19-20-16(21)12-5-8-14(17)15(18)9-12/h3-10H,2H2,1H3,(H,20,21)/b19-10-. The van der Waals surface area contributed by atoms with Crippen LogP contribution in [-0.4, -0.2) is 18.7 Å². The second kappa shape index (κ2) is 7.82. The molecule has 0 aliphatic heterocycles. The number of hydrazone groups is 1. The van der Waals surface area contributed by atoms with Crippen molar-refractivity contribution in [3.05, 3.63) is 63.6 Å². The van der Waals surface area contributed by atoms with Gasteiger partial charge in [-0.15, -0.1) is 0 Å². The summed E-state index contributed by atoms with van der Waals surface area (Å²) in [5.74, 6) is 0.431. The van der Waals surface area contributed by atoms with E-state index in [9.17, 15) is 4.79 Å². The number of hydrogen-bond donors (Lipinski definition) is 1. The lowest BCUT2D eigenvalue weighted by atomic mass is 10.2. The first kappa shape index (κ1) is 16.3. The fourth-order valence-corrected chi connectivity index (χ4v) is 1.98. The molecule has 0 aliphatic carbocycles. The monoisotopic (exact) mass is 336 g/mol. The van der Waals surface area contributed by atoms with E-state index in [1.165, 1.54) is 6.07 Å². The molecule has 6 heteroatoms. The Morgan fingerprint density at radius 2 is 1.91 bits per heavy atom. The normalized spacial score (nSPS) is 10.7. The Morgan fingerprint density at radius 3 is 2.55 bits per heavy atom. The number of rotatable bonds is 5. The topological polar surface area (TPSA) is 50.7 Å². The van der Waals surface area contributed by atoms with Crippen LogP contribution in [0.15, 0.2) is 47.6 Å². The van der Waals surface area contributed by atoms with E-state index >= 15 is 0 Å². The van der Waals surface area contributed by atoms with E-state index in [-0.39, 0.29) is 5.91 Å². The van der Waals surface area contributed by atoms with Crippen molar-refractivity contribution < 1.29 is 9.53 Å². The summed E-state index contributed by atoms with van der Waals surface area (Å²) in [7, 11) is 0. The van der Waals surface area contributed by atoms with E-state index in [1.54, 1.807) is 18.3 Å². The number of halogens is 2. The third kappa shape index (κ3) is 4.48. The molecule has 0 saturated heterocycles. The molecule has 0 atom stereocenters. The van der Waals surface area contributed by atoms with Crippen LogP contribution in [-0.2, 0) is 0 Å². The molecule has 0 aliphatic rings. The molecular weight excluding hydrogens is 323 g/mol. The lowest BCUT2D eigenvalue weighted by Gasteiger charge is -2.03. The van der Waals surface area contributed by atoms with E-state index in [1.807, 2.05) is 31.2 Å². The van der Waals surface area contributed by atoms with Crippen LogP contribution in [0.5, 0.6) is 5.75 Å². The maximum atomic E-state index is 11.9. The lowest BCUT2D eigenvalue weighted by molar-refractivity contribution is 0.0955. The Morgan fingerprint density at radius 1 is 1.18 bits per heavy atom. The molecule has 2 aromatic rings. The predicted octanol–water partition coefficient (Wildman–Crippen LogP) is 4.16. The number of ether oxygens (including phenoxy) is 1. The average molecular weight is 337 g/mol. The van der Waals surface area contributed by atoms with Gasteiger partial charge >= 0.3 is 0 Å². The minimum Gasteiger partial charge on any atom is -0.494 e. The molecule has 0 saturated carbocycles. The van der Waals surface area contributed by atoms with Crippen LogP contribution in [0.1, 0.15) is 22.8 Å². The minimum absolute atomic E-state index is 0.324. The van der Waals surface area contributed by atoms with Crippen molar-refractivity contribution in [3.63, 3.8) is 0 Å². The largest absolute Gasteiger partial charge is 0.494 e. The van der Waals surface area contributed by atoms with Gasteiger partial charge in [0, 0.05) is 5.56 Å². The maximum Gasteiger partial charge on any atom is 0.271 e. The molecule has 2 aromatic carbocycles. The molecule has 0 spiro atoms. The van der Waals surface area contributed by atoms with Crippen LogP contribution in [0.3, 0.4) is 0 Å². The first-order chi connectivity index (χ1) is 10.6. The van der Waals surface area contributed by atoms with E-state index in [0.717, 1.165) is 11.3 Å². The fraction of sp³-hybridized carbons (Fsp3) is 0.125. The summed E-state index contributed by atoms with van der Waals surface area (Å²) in [6, 6.07) is 12.0. The molecule has 2 rings (SSSR count). The van der Waals surface area contributed by atoms with Gasteiger partial charge in [-0.25, -0.2) is 5.43 Å². The highest BCUT2D eigenvalue weighted by Gasteiger charge is 2.06. The van der Waals surface area contributed by atoms with Crippen LogP contribution >= 0.6 is 23.2 Å². The van der Waals surface area contributed by atoms with Gasteiger partial charge in [0.2, 0.25) is 0 Å². The van der Waals surface area contributed by atoms with Crippen LogP contribution < -0.4 is 10.2 Å². The van der Waals surface area contributed by atoms with Crippen molar-refractivity contribution in [1.82, 2.24) is 5.43 Å². The van der Waals surface area contributed by atoms with Gasteiger partial charge in [0.15, 0.2) is 0 Å². The summed E-state index contributed by atoms with van der Waals surface area (Å²) < 4.78 is 5.34. The molecule has 0 aromatic heterocycles. The molecule has 0 radical (unpaired) electrons. The predicted molar refractivity (Wildman–Crippen MR) is 89.1 cm³/mol. The van der Waals surface area contributed by atoms with Gasteiger partial charge < -0.3 is 4.74 Å². The van der Waals surface area contributed by atoms with Crippen molar-refractivity contribution in [1.29, 1.82) is 0 Å². The van der Waals surface area contributed by atoms with Crippen LogP contribution in [0.25, 0.3) is 0 Å². The van der Waals surface area contributed by atoms with Crippen molar-refractivity contribution in [3.8, 4) is 5.75 Å². The van der Waals surface area contributed by atoms with E-state index in [0.29, 0.717) is 22.2 Å². The number of carbonyl (C=O) groups is 1. The quantitative estimate of drug-likeness (QED) is 0.658. The fourth-order valence-electron chi connectivity index (χ4n) is 1.68. The van der Waals surface area contributed by atoms with E-state index < -0.39 is 0 Å². The van der Waals surface area contributed by atoms with Gasteiger partial charge in [-0.1, -0.05) is 23.2 Å². The molecule has 0 heterocycles. The van der Waals surface area contributed by atoms with Crippen molar-refractivity contribution in [2.75, 3.05) is 6.61 Å². The van der Waals surface area contributed by atoms with E-state index in [4.69, 9.17) is 27.9 Å². The first-order valence-electron chi connectivity index (χ1n) is 6.61. The molecule has 1 amide bonds. The Bertz CT molecular complexity index is 685. The van der Waals surface area contributed by atoms with Gasteiger partial charge in [0.1, 0.15) is 5.75 Å². The highest BCUT2D eigenvalue weighted by Crippen LogP contribution is 2.22. The molecule has 4 nitrogen and oxygen atoms in total. The Balaban J connectivity index is 1.96. The SMILES string of the molecule is CCOc1ccc(/C=N\NC(=O)c2ccc(Cl)c(Cl)c2)cc1. The lowest BCUT2D eigenvalue weighted by Crippen LogP contribution is -2.17. The molecule has 22 heavy (non-hydrogen) atoms. The molecule has 114 valence electrons. The molecule has 0 bridgehead atoms. The number of hydrogen-bond acceptors (Lipinski definition) is 3. The van der Waals surface area contributed by atoms with Gasteiger partial charge in [0.05, 0.1) is 22.9 Å². The Hall–Kier alpha value is -2.04. The number of nitrogens with zero attached hydrogens (tertiary/aromatic N) is 1. The first-order valence-corrected chi connectivity index (χ1v) is 7.37. The summed E-state index contributed by atoms with van der Waals surface area (Å²) >= 11 is 11.7. The zero-order valence-electron chi connectivity index (χ0n) is 11.8. The number of nitrogens with one attached hydrogen (secondary N) is 1. The number of amides is 1. The van der Waals surface area contributed by atoms with Gasteiger partial charge in [-0.3, -0.25) is 4.79 Å². The molecular formula is C16H14Cl2N2O2. The van der Waals surface area contributed by atoms with Crippen molar-refractivity contribution in [2.24, 2.45) is 5.10 Å². The zero-order chi connectivity index (χ0) is 15.9. The van der Waals surface area contributed by atoms with Crippen molar-refractivity contribution in [2.45, 2.75) is 6.92 Å². The van der Waals surface area contributed by atoms with Crippen LogP contribution in [0.2, 0.25) is 10.0 Å². The third-order valence-electron chi connectivity index (χ3n) is 2.75. The highest BCUT2D eigenvalue weighted by atomic mass is 35.5. The van der Waals surface area contributed by atoms with Gasteiger partial charge in [-0.2, -0.15) is 5.10 Å². The third-order valence-corrected chi connectivity index (χ3v) is 3.49. The average Bonchev–Trinajstić information content (AvgIpc) is 2.52. The van der Waals surface area contributed by atoms with Crippen molar-refractivity contribution >= 4 is 35.3 Å². The molecule has 0 fully saturated rings. The summed E-state index contributed by atoms with van der Waals surface area (Å²) in [6.07, 6.45) is 1.55. The smallest absolute Gasteiger partial charge is 0.271 e. The molecule has 0 unspecified atom stereocenters. The second-order valence-electron chi connectivity index (χ2n) is 4.33. The Kier molecular flexibility index (Phi) is 5.81. The van der Waals surface area contributed by atoms with Gasteiger partial charge in [-0.05, 0) is 55.0 Å². The summed E-state index contributed by atoms with van der Waals surface area (Å²) in [5, 5.41) is 4.63. The highest BCUT2D eigenvalue weighted by molar-refractivity contribution is 6.42. The Labute approximate surface area is 138 Å². The summed E-state index contributed by atoms with van der Waals surface area (Å²) in [6.45, 7) is 2.54. The summed E-state index contributed by atoms with van der Waals surface area (Å²) in [5.41, 5.74) is 3.66. The van der Waals surface area contributed by atoms with Gasteiger partial charge in [0.25, 0.3) is 5.91 Å². The zero-order valence-corrected chi connectivity index (χ0v) is 13.4. The maximum absolute atomic E-state index is 11.9. The van der Waals surface area contributed by atoms with E-state index in [2.05, 4.69) is 10.5 Å². The van der Waals surface area contributed by atoms with Crippen LogP contribution in [0.4, 0.5) is 0 Å². The minimum atomic E-state index is -0.360.